The van der Waals surface area contributed by atoms with Crippen molar-refractivity contribution < 1.29 is 0 Å². The van der Waals surface area contributed by atoms with Crippen LogP contribution in [0.2, 0.25) is 0 Å². The van der Waals surface area contributed by atoms with Crippen molar-refractivity contribution in [3.05, 3.63) is 36.4 Å². The highest BCUT2D eigenvalue weighted by Crippen LogP contribution is 1.79. The van der Waals surface area contributed by atoms with Gasteiger partial charge in [0.05, 0.1) is 8.41 Å². The zero-order chi connectivity index (χ0) is 4.24. The van der Waals surface area contributed by atoms with Gasteiger partial charge in [0.2, 0.25) is 0 Å². The van der Waals surface area contributed by atoms with Gasteiger partial charge in [-0.2, -0.15) is 0 Å². The summed E-state index contributed by atoms with van der Waals surface area (Å²) in [4.78, 5) is 0. The fraction of sp³-hybridized carbons (Fsp3) is 0.143. The van der Waals surface area contributed by atoms with E-state index in [0.29, 0.717) is 0 Å². The fourth-order valence-electron chi connectivity index (χ4n) is 0.385. The van der Waals surface area contributed by atoms with Gasteiger partial charge < -0.3 is 0 Å². The van der Waals surface area contributed by atoms with Gasteiger partial charge >= 0.3 is 0 Å². The van der Waals surface area contributed by atoms with Gasteiger partial charge in [0.1, 0.15) is 0 Å². The summed E-state index contributed by atoms with van der Waals surface area (Å²) in [6.07, 6.45) is 0. The first-order chi connectivity index (χ1) is 3.00. The zero-order valence-electron chi connectivity index (χ0n) is 3.46. The number of hydrogen-bond acceptors (Lipinski definition) is 0. The molecule has 8 heavy (non-hydrogen) atoms. The SMILES string of the molecule is B.C.c1ccccc1. The van der Waals surface area contributed by atoms with Crippen LogP contribution in [0.3, 0.4) is 0 Å². The minimum atomic E-state index is 0. The summed E-state index contributed by atoms with van der Waals surface area (Å²) in [5, 5.41) is 0. The molecule has 0 N–H and O–H groups in total. The maximum atomic E-state index is 2.00. The van der Waals surface area contributed by atoms with Gasteiger partial charge in [-0.1, -0.05) is 43.8 Å². The molecule has 1 rings (SSSR count). The summed E-state index contributed by atoms with van der Waals surface area (Å²) in [6, 6.07) is 12.0. The van der Waals surface area contributed by atoms with E-state index in [0.717, 1.165) is 0 Å². The minimum Gasteiger partial charge on any atom is -0.0776 e. The molecule has 0 bridgehead atoms. The van der Waals surface area contributed by atoms with Crippen LogP contribution in [0.1, 0.15) is 7.43 Å². The average Bonchev–Trinajstić information content (AvgIpc) is 1.72. The predicted molar refractivity (Wildman–Crippen MR) is 43.1 cm³/mol. The lowest BCUT2D eigenvalue weighted by Crippen LogP contribution is -1.47. The molecule has 0 saturated heterocycles. The van der Waals surface area contributed by atoms with Crippen LogP contribution in [0, 0.1) is 0 Å². The summed E-state index contributed by atoms with van der Waals surface area (Å²) in [7, 11) is 0. The first-order valence-electron chi connectivity index (χ1n) is 2.00. The second-order valence-electron chi connectivity index (χ2n) is 1.15. The Morgan fingerprint density at radius 1 is 0.500 bits per heavy atom. The molecule has 0 spiro atoms. The van der Waals surface area contributed by atoms with E-state index in [1.807, 2.05) is 36.4 Å². The summed E-state index contributed by atoms with van der Waals surface area (Å²) in [5.41, 5.74) is 0. The van der Waals surface area contributed by atoms with Gasteiger partial charge in [-0.25, -0.2) is 0 Å². The second-order valence-corrected chi connectivity index (χ2v) is 1.15. The van der Waals surface area contributed by atoms with Crippen LogP contribution >= 0.6 is 0 Å². The lowest BCUT2D eigenvalue weighted by atomic mass is 10.4. The average molecular weight is 108 g/mol. The molecule has 0 aromatic heterocycles. The fourth-order valence-corrected chi connectivity index (χ4v) is 0.385. The Morgan fingerprint density at radius 2 is 0.625 bits per heavy atom. The van der Waals surface area contributed by atoms with Crippen LogP contribution in [0.4, 0.5) is 0 Å². The van der Waals surface area contributed by atoms with Crippen molar-refractivity contribution in [2.45, 2.75) is 7.43 Å². The Bertz CT molecular complexity index is 76.3. The summed E-state index contributed by atoms with van der Waals surface area (Å²) in [6.45, 7) is 0. The number of benzene rings is 1. The van der Waals surface area contributed by atoms with E-state index >= 15 is 0 Å². The summed E-state index contributed by atoms with van der Waals surface area (Å²) >= 11 is 0. The molecule has 0 radical (unpaired) electrons. The van der Waals surface area contributed by atoms with Crippen LogP contribution in [0.15, 0.2) is 36.4 Å². The van der Waals surface area contributed by atoms with Gasteiger partial charge in [-0.05, 0) is 0 Å². The van der Waals surface area contributed by atoms with Crippen LogP contribution in [-0.4, -0.2) is 8.41 Å². The first-order valence-corrected chi connectivity index (χ1v) is 2.00. The van der Waals surface area contributed by atoms with Gasteiger partial charge in [0, 0.05) is 0 Å². The quantitative estimate of drug-likeness (QED) is 0.437. The molecule has 44 valence electrons. The topological polar surface area (TPSA) is 0 Å². The molecule has 0 aliphatic rings. The van der Waals surface area contributed by atoms with Crippen molar-refractivity contribution in [1.29, 1.82) is 0 Å². The van der Waals surface area contributed by atoms with Gasteiger partial charge in [0.25, 0.3) is 0 Å². The maximum absolute atomic E-state index is 2.00. The molecule has 0 unspecified atom stereocenters. The molecule has 1 heteroatoms. The number of rotatable bonds is 0. The molecule has 0 saturated carbocycles. The van der Waals surface area contributed by atoms with Gasteiger partial charge in [-0.15, -0.1) is 0 Å². The third kappa shape index (κ3) is 3.47. The Balaban J connectivity index is 0. The molecular weight excluding hydrogens is 94.9 g/mol. The third-order valence-electron chi connectivity index (χ3n) is 0.667. The van der Waals surface area contributed by atoms with E-state index in [-0.39, 0.29) is 15.8 Å². The number of hydrogen-bond donors (Lipinski definition) is 0. The normalized spacial score (nSPS) is 6.00. The van der Waals surface area contributed by atoms with Gasteiger partial charge in [-0.3, -0.25) is 0 Å². The zero-order valence-corrected chi connectivity index (χ0v) is 3.46. The largest absolute Gasteiger partial charge is 0.0814 e. The van der Waals surface area contributed by atoms with Crippen LogP contribution in [0.5, 0.6) is 0 Å². The lowest BCUT2D eigenvalue weighted by molar-refractivity contribution is 1.72. The van der Waals surface area contributed by atoms with E-state index < -0.39 is 0 Å². The summed E-state index contributed by atoms with van der Waals surface area (Å²) in [5.74, 6) is 0. The molecule has 0 aliphatic heterocycles. The molecular formula is C7H13B. The molecule has 0 fully saturated rings. The monoisotopic (exact) mass is 108 g/mol. The molecule has 0 nitrogen and oxygen atoms in total. The van der Waals surface area contributed by atoms with Crippen LogP contribution in [0.25, 0.3) is 0 Å². The molecule has 0 atom stereocenters. The Hall–Kier alpha value is -0.715. The van der Waals surface area contributed by atoms with Crippen molar-refractivity contribution in [3.8, 4) is 0 Å². The lowest BCUT2D eigenvalue weighted by Gasteiger charge is -1.69. The van der Waals surface area contributed by atoms with Crippen LogP contribution < -0.4 is 0 Å². The highest BCUT2D eigenvalue weighted by atomic mass is 13.6. The molecule has 0 heterocycles. The van der Waals surface area contributed by atoms with Crippen molar-refractivity contribution >= 4 is 8.41 Å². The van der Waals surface area contributed by atoms with E-state index in [1.54, 1.807) is 0 Å². The highest BCUT2D eigenvalue weighted by Gasteiger charge is 1.57. The molecule has 1 aromatic carbocycles. The van der Waals surface area contributed by atoms with E-state index in [2.05, 4.69) is 0 Å². The smallest absolute Gasteiger partial charge is 0.0776 e. The second kappa shape index (κ2) is 6.28. The predicted octanol–water partition coefficient (Wildman–Crippen LogP) is 1.14. The summed E-state index contributed by atoms with van der Waals surface area (Å²) < 4.78 is 0. The first kappa shape index (κ1) is 10.3. The Kier molecular flexibility index (Phi) is 8.09. The van der Waals surface area contributed by atoms with E-state index in [9.17, 15) is 0 Å². The Labute approximate surface area is 53.1 Å². The maximum Gasteiger partial charge on any atom is 0.0814 e. The van der Waals surface area contributed by atoms with Crippen molar-refractivity contribution in [1.82, 2.24) is 0 Å². The molecule has 0 amide bonds. The van der Waals surface area contributed by atoms with Gasteiger partial charge in [0.15, 0.2) is 0 Å². The van der Waals surface area contributed by atoms with Crippen molar-refractivity contribution in [3.63, 3.8) is 0 Å². The Morgan fingerprint density at radius 3 is 0.750 bits per heavy atom. The standard InChI is InChI=1S/C6H6.CH4.BH3/c1-2-4-6-5-3-1;;/h1-6H;1H4;1H3. The molecule has 1 aromatic rings. The van der Waals surface area contributed by atoms with E-state index in [1.165, 1.54) is 0 Å². The van der Waals surface area contributed by atoms with E-state index in [4.69, 9.17) is 0 Å². The third-order valence-corrected chi connectivity index (χ3v) is 0.667. The highest BCUT2D eigenvalue weighted by molar-refractivity contribution is 5.75. The van der Waals surface area contributed by atoms with Crippen molar-refractivity contribution in [2.75, 3.05) is 0 Å². The minimum absolute atomic E-state index is 0. The van der Waals surface area contributed by atoms with Crippen molar-refractivity contribution in [2.24, 2.45) is 0 Å². The molecule has 0 aliphatic carbocycles. The van der Waals surface area contributed by atoms with Crippen LogP contribution in [-0.2, 0) is 0 Å².